The number of phosphoric acid groups is 1. The smallest absolute Gasteiger partial charge is 0.469 e. The van der Waals surface area contributed by atoms with E-state index in [0.29, 0.717) is 5.75 Å². The van der Waals surface area contributed by atoms with E-state index < -0.39 is 13.9 Å². The summed E-state index contributed by atoms with van der Waals surface area (Å²) in [5.74, 6) is 0.322. The largest absolute Gasteiger partial charge is 0.508 e. The third kappa shape index (κ3) is 11.1. The third-order valence-electron chi connectivity index (χ3n) is 1.10. The van der Waals surface area contributed by atoms with Gasteiger partial charge in [-0.05, 0) is 26.0 Å². The molecule has 6 heteroatoms. The van der Waals surface area contributed by atoms with Crippen molar-refractivity contribution in [1.29, 1.82) is 0 Å². The number of hydrogen-bond acceptors (Lipinski definition) is 3. The number of phenols is 1. The first-order valence-electron chi connectivity index (χ1n) is 4.29. The lowest BCUT2D eigenvalue weighted by Gasteiger charge is -2.06. The van der Waals surface area contributed by atoms with Gasteiger partial charge in [0.1, 0.15) is 5.75 Å². The minimum absolute atomic E-state index is 0.322. The second kappa shape index (κ2) is 6.58. The molecule has 1 aromatic rings. The lowest BCUT2D eigenvalue weighted by molar-refractivity contribution is 0.156. The lowest BCUT2D eigenvalue weighted by atomic mass is 10.3. The highest BCUT2D eigenvalue weighted by atomic mass is 31.2. The number of aromatic hydroxyl groups is 1. The second-order valence-corrected chi connectivity index (χ2v) is 4.17. The van der Waals surface area contributed by atoms with Crippen LogP contribution in [0.5, 0.6) is 5.75 Å². The van der Waals surface area contributed by atoms with Crippen molar-refractivity contribution in [3.8, 4) is 5.75 Å². The van der Waals surface area contributed by atoms with Crippen LogP contribution in [0.15, 0.2) is 30.3 Å². The van der Waals surface area contributed by atoms with Crippen LogP contribution in [0.1, 0.15) is 13.8 Å². The van der Waals surface area contributed by atoms with Gasteiger partial charge in [-0.1, -0.05) is 18.2 Å². The molecule has 0 aliphatic rings. The molecule has 0 spiro atoms. The molecule has 0 saturated heterocycles. The molecule has 0 heterocycles. The molecular weight excluding hydrogens is 219 g/mol. The van der Waals surface area contributed by atoms with Crippen molar-refractivity contribution >= 4 is 7.82 Å². The Balaban J connectivity index is 0.000000262. The molecule has 0 saturated carbocycles. The molecular formula is C9H15O5P. The van der Waals surface area contributed by atoms with Crippen molar-refractivity contribution < 1.29 is 24.0 Å². The maximum atomic E-state index is 9.91. The molecule has 1 rings (SSSR count). The molecule has 0 aromatic heterocycles. The first-order valence-corrected chi connectivity index (χ1v) is 5.82. The van der Waals surface area contributed by atoms with Crippen LogP contribution in [0.2, 0.25) is 0 Å². The zero-order valence-electron chi connectivity index (χ0n) is 8.57. The monoisotopic (exact) mass is 234 g/mol. The van der Waals surface area contributed by atoms with Crippen molar-refractivity contribution in [2.75, 3.05) is 0 Å². The number of rotatable bonds is 2. The predicted molar refractivity (Wildman–Crippen MR) is 56.4 cm³/mol. The zero-order valence-corrected chi connectivity index (χ0v) is 9.46. The fourth-order valence-electron chi connectivity index (χ4n) is 0.703. The number of benzene rings is 1. The van der Waals surface area contributed by atoms with Crippen molar-refractivity contribution in [1.82, 2.24) is 0 Å². The van der Waals surface area contributed by atoms with E-state index in [2.05, 4.69) is 4.52 Å². The van der Waals surface area contributed by atoms with Crippen molar-refractivity contribution in [2.24, 2.45) is 0 Å². The molecule has 15 heavy (non-hydrogen) atoms. The minimum atomic E-state index is -4.22. The molecule has 0 atom stereocenters. The predicted octanol–water partition coefficient (Wildman–Crippen LogP) is 1.90. The van der Waals surface area contributed by atoms with Gasteiger partial charge in [-0.3, -0.25) is 4.52 Å². The van der Waals surface area contributed by atoms with Crippen molar-refractivity contribution in [3.05, 3.63) is 30.3 Å². The summed E-state index contributed by atoms with van der Waals surface area (Å²) in [5.41, 5.74) is 0. The summed E-state index contributed by atoms with van der Waals surface area (Å²) < 4.78 is 14.0. The van der Waals surface area contributed by atoms with Gasteiger partial charge in [0, 0.05) is 0 Å². The molecule has 1 aromatic carbocycles. The summed E-state index contributed by atoms with van der Waals surface area (Å²) in [6.07, 6.45) is -0.421. The standard InChI is InChI=1S/C6H6O.C3H9O4P/c7-6-4-2-1-3-5-6;1-3(2)7-8(4,5)6/h1-5,7H;3H,1-2H3,(H2,4,5,6). The van der Waals surface area contributed by atoms with Crippen LogP contribution >= 0.6 is 7.82 Å². The summed E-state index contributed by atoms with van der Waals surface area (Å²) in [6, 6.07) is 8.71. The van der Waals surface area contributed by atoms with Gasteiger partial charge in [-0.15, -0.1) is 0 Å². The maximum absolute atomic E-state index is 9.91. The summed E-state index contributed by atoms with van der Waals surface area (Å²) in [7, 11) is -4.22. The van der Waals surface area contributed by atoms with E-state index in [4.69, 9.17) is 14.9 Å². The normalized spacial score (nSPS) is 10.7. The zero-order chi connectivity index (χ0) is 11.9. The van der Waals surface area contributed by atoms with Gasteiger partial charge in [0.25, 0.3) is 0 Å². The highest BCUT2D eigenvalue weighted by Gasteiger charge is 2.14. The summed E-state index contributed by atoms with van der Waals surface area (Å²) in [6.45, 7) is 3.11. The number of para-hydroxylation sites is 1. The Bertz CT molecular complexity index is 306. The first kappa shape index (κ1) is 14.1. The van der Waals surface area contributed by atoms with Crippen LogP contribution in [0.4, 0.5) is 0 Å². The fourth-order valence-corrected chi connectivity index (χ4v) is 1.25. The molecule has 0 aliphatic carbocycles. The van der Waals surface area contributed by atoms with E-state index in [-0.39, 0.29) is 0 Å². The van der Waals surface area contributed by atoms with Gasteiger partial charge >= 0.3 is 7.82 Å². The summed E-state index contributed by atoms with van der Waals surface area (Å²) in [5, 5.41) is 8.63. The molecule has 86 valence electrons. The van der Waals surface area contributed by atoms with E-state index in [9.17, 15) is 4.57 Å². The van der Waals surface area contributed by atoms with Crippen LogP contribution in [0.25, 0.3) is 0 Å². The maximum Gasteiger partial charge on any atom is 0.469 e. The topological polar surface area (TPSA) is 87.0 Å². The van der Waals surface area contributed by atoms with Crippen molar-refractivity contribution in [2.45, 2.75) is 20.0 Å². The van der Waals surface area contributed by atoms with Gasteiger partial charge in [0.2, 0.25) is 0 Å². The van der Waals surface area contributed by atoms with Gasteiger partial charge in [-0.25, -0.2) is 4.57 Å². The average Bonchev–Trinajstić information content (AvgIpc) is 2.01. The molecule has 0 amide bonds. The highest BCUT2D eigenvalue weighted by molar-refractivity contribution is 7.46. The Labute approximate surface area is 88.6 Å². The fraction of sp³-hybridized carbons (Fsp3) is 0.333. The SMILES string of the molecule is CC(C)OP(=O)(O)O.Oc1ccccc1. The average molecular weight is 234 g/mol. The molecule has 5 nitrogen and oxygen atoms in total. The minimum Gasteiger partial charge on any atom is -0.508 e. The van der Waals surface area contributed by atoms with Crippen LogP contribution < -0.4 is 0 Å². The molecule has 0 fully saturated rings. The Morgan fingerprint density at radius 1 is 1.20 bits per heavy atom. The Hall–Kier alpha value is -0.870. The van der Waals surface area contributed by atoms with Gasteiger partial charge < -0.3 is 14.9 Å². The van der Waals surface area contributed by atoms with Crippen molar-refractivity contribution in [3.63, 3.8) is 0 Å². The Morgan fingerprint density at radius 2 is 1.67 bits per heavy atom. The van der Waals surface area contributed by atoms with E-state index in [1.165, 1.54) is 0 Å². The second-order valence-electron chi connectivity index (χ2n) is 2.98. The number of hydrogen-bond donors (Lipinski definition) is 3. The van der Waals surface area contributed by atoms with E-state index >= 15 is 0 Å². The molecule has 0 unspecified atom stereocenters. The Kier molecular flexibility index (Phi) is 6.20. The third-order valence-corrected chi connectivity index (χ3v) is 1.80. The first-order chi connectivity index (χ1) is 6.81. The van der Waals surface area contributed by atoms with E-state index in [1.807, 2.05) is 6.07 Å². The van der Waals surface area contributed by atoms with E-state index in [1.54, 1.807) is 38.1 Å². The number of phosphoric ester groups is 1. The summed E-state index contributed by atoms with van der Waals surface area (Å²) in [4.78, 5) is 16.2. The summed E-state index contributed by atoms with van der Waals surface area (Å²) >= 11 is 0. The quantitative estimate of drug-likeness (QED) is 0.680. The molecule has 0 radical (unpaired) electrons. The highest BCUT2D eigenvalue weighted by Crippen LogP contribution is 2.37. The molecule has 0 bridgehead atoms. The van der Waals surface area contributed by atoms with Crippen LogP contribution in [0.3, 0.4) is 0 Å². The van der Waals surface area contributed by atoms with Crippen LogP contribution in [0, 0.1) is 0 Å². The molecule has 0 aliphatic heterocycles. The van der Waals surface area contributed by atoms with Crippen LogP contribution in [-0.4, -0.2) is 21.0 Å². The lowest BCUT2D eigenvalue weighted by Crippen LogP contribution is -1.98. The molecule has 3 N–H and O–H groups in total. The number of phenolic OH excluding ortho intramolecular Hbond substituents is 1. The van der Waals surface area contributed by atoms with E-state index in [0.717, 1.165) is 0 Å². The van der Waals surface area contributed by atoms with Gasteiger partial charge in [0.15, 0.2) is 0 Å². The van der Waals surface area contributed by atoms with Gasteiger partial charge in [0.05, 0.1) is 6.10 Å². The van der Waals surface area contributed by atoms with Gasteiger partial charge in [-0.2, -0.15) is 0 Å². The Morgan fingerprint density at radius 3 is 1.80 bits per heavy atom. The van der Waals surface area contributed by atoms with Crippen LogP contribution in [-0.2, 0) is 9.09 Å².